The molecular formula is C13H12FNO. The molecule has 0 spiro atoms. The predicted octanol–water partition coefficient (Wildman–Crippen LogP) is 3.51. The highest BCUT2D eigenvalue weighted by molar-refractivity contribution is 5.45. The summed E-state index contributed by atoms with van der Waals surface area (Å²) < 4.78 is 19.0. The smallest absolute Gasteiger partial charge is 0.168 e. The van der Waals surface area contributed by atoms with Gasteiger partial charge in [0.2, 0.25) is 0 Å². The second-order valence-corrected chi connectivity index (χ2v) is 3.56. The lowest BCUT2D eigenvalue weighted by atomic mass is 10.2. The van der Waals surface area contributed by atoms with Crippen molar-refractivity contribution in [1.82, 2.24) is 0 Å². The Labute approximate surface area is 93.5 Å². The van der Waals surface area contributed by atoms with Gasteiger partial charge in [0.05, 0.1) is 0 Å². The molecule has 0 amide bonds. The first-order valence-electron chi connectivity index (χ1n) is 4.95. The van der Waals surface area contributed by atoms with Crippen LogP contribution in [0.25, 0.3) is 0 Å². The maximum atomic E-state index is 13.6. The Morgan fingerprint density at radius 1 is 1.12 bits per heavy atom. The zero-order valence-electron chi connectivity index (χ0n) is 8.91. The molecule has 3 heteroatoms. The van der Waals surface area contributed by atoms with Crippen LogP contribution in [0.2, 0.25) is 0 Å². The van der Waals surface area contributed by atoms with E-state index in [-0.39, 0.29) is 11.6 Å². The Kier molecular flexibility index (Phi) is 2.77. The van der Waals surface area contributed by atoms with Crippen molar-refractivity contribution in [3.05, 3.63) is 53.8 Å². The van der Waals surface area contributed by atoms with Gasteiger partial charge in [0.15, 0.2) is 11.6 Å². The number of ether oxygens (including phenoxy) is 1. The minimum atomic E-state index is -0.343. The van der Waals surface area contributed by atoms with Gasteiger partial charge in [-0.2, -0.15) is 0 Å². The van der Waals surface area contributed by atoms with Gasteiger partial charge in [0.1, 0.15) is 5.75 Å². The summed E-state index contributed by atoms with van der Waals surface area (Å²) >= 11 is 0. The van der Waals surface area contributed by atoms with Crippen molar-refractivity contribution in [2.45, 2.75) is 6.92 Å². The summed E-state index contributed by atoms with van der Waals surface area (Å²) in [4.78, 5) is 0. The van der Waals surface area contributed by atoms with Crippen molar-refractivity contribution in [2.75, 3.05) is 5.73 Å². The maximum absolute atomic E-state index is 13.6. The van der Waals surface area contributed by atoms with Crippen molar-refractivity contribution in [3.63, 3.8) is 0 Å². The van der Waals surface area contributed by atoms with Crippen molar-refractivity contribution in [3.8, 4) is 11.5 Å². The van der Waals surface area contributed by atoms with E-state index in [1.807, 2.05) is 0 Å². The lowest BCUT2D eigenvalue weighted by Gasteiger charge is -2.08. The zero-order valence-corrected chi connectivity index (χ0v) is 8.91. The van der Waals surface area contributed by atoms with Crippen LogP contribution in [-0.2, 0) is 0 Å². The SMILES string of the molecule is Cc1cccc(Oc2cccc(N)c2)c1F. The van der Waals surface area contributed by atoms with Crippen molar-refractivity contribution in [2.24, 2.45) is 0 Å². The summed E-state index contributed by atoms with van der Waals surface area (Å²) in [6.45, 7) is 1.70. The molecule has 82 valence electrons. The van der Waals surface area contributed by atoms with Gasteiger partial charge in [-0.15, -0.1) is 0 Å². The molecule has 2 aromatic carbocycles. The summed E-state index contributed by atoms with van der Waals surface area (Å²) in [5.74, 6) is 0.403. The topological polar surface area (TPSA) is 35.2 Å². The highest BCUT2D eigenvalue weighted by Crippen LogP contribution is 2.26. The molecule has 0 saturated heterocycles. The summed E-state index contributed by atoms with van der Waals surface area (Å²) in [5.41, 5.74) is 6.75. The lowest BCUT2D eigenvalue weighted by molar-refractivity contribution is 0.440. The number of hydrogen-bond acceptors (Lipinski definition) is 2. The van der Waals surface area contributed by atoms with Crippen LogP contribution in [0, 0.1) is 12.7 Å². The molecule has 0 aromatic heterocycles. The highest BCUT2D eigenvalue weighted by Gasteiger charge is 2.06. The zero-order chi connectivity index (χ0) is 11.5. The first-order valence-corrected chi connectivity index (χ1v) is 4.95. The van der Waals surface area contributed by atoms with Gasteiger partial charge >= 0.3 is 0 Å². The molecule has 2 N–H and O–H groups in total. The number of rotatable bonds is 2. The monoisotopic (exact) mass is 217 g/mol. The first-order chi connectivity index (χ1) is 7.66. The van der Waals surface area contributed by atoms with Gasteiger partial charge in [-0.25, -0.2) is 4.39 Å². The number of hydrogen-bond donors (Lipinski definition) is 1. The van der Waals surface area contributed by atoms with E-state index in [0.29, 0.717) is 17.0 Å². The van der Waals surface area contributed by atoms with Gasteiger partial charge < -0.3 is 10.5 Å². The second kappa shape index (κ2) is 4.23. The first kappa shape index (κ1) is 10.5. The largest absolute Gasteiger partial charge is 0.454 e. The van der Waals surface area contributed by atoms with Gasteiger partial charge in [0, 0.05) is 11.8 Å². The predicted molar refractivity (Wildman–Crippen MR) is 62.1 cm³/mol. The highest BCUT2D eigenvalue weighted by atomic mass is 19.1. The molecule has 0 heterocycles. The summed E-state index contributed by atoms with van der Waals surface area (Å²) in [5, 5.41) is 0. The lowest BCUT2D eigenvalue weighted by Crippen LogP contribution is -1.91. The average molecular weight is 217 g/mol. The van der Waals surface area contributed by atoms with Crippen molar-refractivity contribution in [1.29, 1.82) is 0 Å². The van der Waals surface area contributed by atoms with Crippen LogP contribution in [-0.4, -0.2) is 0 Å². The van der Waals surface area contributed by atoms with E-state index >= 15 is 0 Å². The molecular weight excluding hydrogens is 205 g/mol. The molecule has 0 atom stereocenters. The molecule has 16 heavy (non-hydrogen) atoms. The van der Waals surface area contributed by atoms with E-state index in [9.17, 15) is 4.39 Å². The minimum Gasteiger partial charge on any atom is -0.454 e. The fourth-order valence-corrected chi connectivity index (χ4v) is 1.40. The Hall–Kier alpha value is -2.03. The van der Waals surface area contributed by atoms with Crippen LogP contribution in [0.3, 0.4) is 0 Å². The van der Waals surface area contributed by atoms with Gasteiger partial charge in [-0.3, -0.25) is 0 Å². The van der Waals surface area contributed by atoms with E-state index in [1.165, 1.54) is 0 Å². The number of nitrogens with two attached hydrogens (primary N) is 1. The molecule has 0 aliphatic carbocycles. The second-order valence-electron chi connectivity index (χ2n) is 3.56. The summed E-state index contributed by atoms with van der Waals surface area (Å²) in [6.07, 6.45) is 0. The average Bonchev–Trinajstić information content (AvgIpc) is 2.25. The fraction of sp³-hybridized carbons (Fsp3) is 0.0769. The van der Waals surface area contributed by atoms with Crippen LogP contribution in [0.5, 0.6) is 11.5 Å². The number of aryl methyl sites for hydroxylation is 1. The number of benzene rings is 2. The Balaban J connectivity index is 2.31. The summed E-state index contributed by atoms with van der Waals surface area (Å²) in [6, 6.07) is 11.9. The van der Waals surface area contributed by atoms with Gasteiger partial charge in [0.25, 0.3) is 0 Å². The van der Waals surface area contributed by atoms with Crippen LogP contribution < -0.4 is 10.5 Å². The van der Waals surface area contributed by atoms with E-state index in [2.05, 4.69) is 0 Å². The quantitative estimate of drug-likeness (QED) is 0.781. The van der Waals surface area contributed by atoms with E-state index in [4.69, 9.17) is 10.5 Å². The molecule has 0 aliphatic heterocycles. The molecule has 0 radical (unpaired) electrons. The Morgan fingerprint density at radius 3 is 2.62 bits per heavy atom. The number of halogens is 1. The molecule has 0 unspecified atom stereocenters. The third-order valence-electron chi connectivity index (χ3n) is 2.24. The van der Waals surface area contributed by atoms with Crippen LogP contribution >= 0.6 is 0 Å². The van der Waals surface area contributed by atoms with Gasteiger partial charge in [-0.05, 0) is 30.7 Å². The Morgan fingerprint density at radius 2 is 1.88 bits per heavy atom. The van der Waals surface area contributed by atoms with Crippen LogP contribution in [0.1, 0.15) is 5.56 Å². The third-order valence-corrected chi connectivity index (χ3v) is 2.24. The molecule has 0 aliphatic rings. The molecule has 2 rings (SSSR count). The van der Waals surface area contributed by atoms with Crippen LogP contribution in [0.15, 0.2) is 42.5 Å². The molecule has 2 nitrogen and oxygen atoms in total. The standard InChI is InChI=1S/C13H12FNO/c1-9-4-2-7-12(13(9)14)16-11-6-3-5-10(15)8-11/h2-8H,15H2,1H3. The van der Waals surface area contributed by atoms with E-state index < -0.39 is 0 Å². The molecule has 2 aromatic rings. The Bertz CT molecular complexity index is 511. The number of nitrogen functional groups attached to an aromatic ring is 1. The molecule has 0 fully saturated rings. The van der Waals surface area contributed by atoms with Gasteiger partial charge in [-0.1, -0.05) is 18.2 Å². The normalized spacial score (nSPS) is 10.1. The number of anilines is 1. The van der Waals surface area contributed by atoms with Crippen molar-refractivity contribution >= 4 is 5.69 Å². The minimum absolute atomic E-state index is 0.214. The van der Waals surface area contributed by atoms with Crippen LogP contribution in [0.4, 0.5) is 10.1 Å². The van der Waals surface area contributed by atoms with E-state index in [1.54, 1.807) is 49.4 Å². The molecule has 0 saturated carbocycles. The summed E-state index contributed by atoms with van der Waals surface area (Å²) in [7, 11) is 0. The van der Waals surface area contributed by atoms with Crippen molar-refractivity contribution < 1.29 is 9.13 Å². The molecule has 0 bridgehead atoms. The van der Waals surface area contributed by atoms with E-state index in [0.717, 1.165) is 0 Å². The maximum Gasteiger partial charge on any atom is 0.168 e. The fourth-order valence-electron chi connectivity index (χ4n) is 1.40. The third kappa shape index (κ3) is 2.14.